The lowest BCUT2D eigenvalue weighted by Crippen LogP contribution is -2.38. The Labute approximate surface area is 206 Å². The number of hydrogen-bond donors (Lipinski definition) is 1. The Morgan fingerprint density at radius 3 is 2.43 bits per heavy atom. The average Bonchev–Trinajstić information content (AvgIpc) is 3.12. The van der Waals surface area contributed by atoms with Crippen molar-refractivity contribution in [3.63, 3.8) is 0 Å². The molecule has 1 unspecified atom stereocenters. The summed E-state index contributed by atoms with van der Waals surface area (Å²) in [5, 5.41) is 14.8. The number of anilines is 2. The molecule has 4 rings (SSSR count). The predicted octanol–water partition coefficient (Wildman–Crippen LogP) is 5.91. The smallest absolute Gasteiger partial charge is 0.431 e. The fourth-order valence-electron chi connectivity index (χ4n) is 4.63. The number of benzene rings is 2. The number of rotatable bonds is 6. The zero-order valence-corrected chi connectivity index (χ0v) is 20.2. The van der Waals surface area contributed by atoms with Gasteiger partial charge in [-0.2, -0.15) is 18.3 Å². The van der Waals surface area contributed by atoms with Gasteiger partial charge in [0.05, 0.1) is 28.9 Å². The monoisotopic (exact) mass is 509 g/mol. The van der Waals surface area contributed by atoms with Gasteiger partial charge in [0, 0.05) is 31.8 Å². The first-order chi connectivity index (χ1) is 16.5. The molecule has 2 aromatic rings. The van der Waals surface area contributed by atoms with Crippen LogP contribution < -0.4 is 14.6 Å². The molecule has 1 saturated heterocycles. The minimum atomic E-state index is -4.62. The highest BCUT2D eigenvalue weighted by molar-refractivity contribution is 6.33. The lowest BCUT2D eigenvalue weighted by Gasteiger charge is -2.34. The molecule has 1 N–H and O–H groups in total. The first-order valence-corrected chi connectivity index (χ1v) is 11.8. The number of hydrogen-bond acceptors (Lipinski definition) is 5. The molecular weight excluding hydrogens is 483 g/mol. The molecule has 2 heterocycles. The van der Waals surface area contributed by atoms with Gasteiger partial charge in [-0.25, -0.2) is 0 Å². The number of ether oxygens (including phenoxy) is 1. The molecule has 10 heteroatoms. The molecule has 2 aliphatic rings. The zero-order chi connectivity index (χ0) is 25.3. The molecule has 0 radical (unpaired) electrons. The van der Waals surface area contributed by atoms with Crippen molar-refractivity contribution >= 4 is 34.7 Å². The van der Waals surface area contributed by atoms with Crippen molar-refractivity contribution in [2.24, 2.45) is 11.0 Å². The second kappa shape index (κ2) is 9.97. The van der Waals surface area contributed by atoms with E-state index in [1.54, 1.807) is 24.3 Å². The Morgan fingerprint density at radius 1 is 1.17 bits per heavy atom. The highest BCUT2D eigenvalue weighted by Crippen LogP contribution is 2.37. The Morgan fingerprint density at radius 2 is 1.83 bits per heavy atom. The van der Waals surface area contributed by atoms with Crippen LogP contribution in [-0.4, -0.2) is 48.2 Å². The molecule has 0 aliphatic carbocycles. The molecule has 0 amide bonds. The van der Waals surface area contributed by atoms with Crippen molar-refractivity contribution in [2.75, 3.05) is 23.0 Å². The number of aryl methyl sites for hydroxylation is 1. The van der Waals surface area contributed by atoms with Crippen LogP contribution in [0.5, 0.6) is 5.75 Å². The molecule has 0 saturated carbocycles. The maximum absolute atomic E-state index is 13.4. The first kappa shape index (κ1) is 25.2. The fourth-order valence-corrected chi connectivity index (χ4v) is 4.87. The van der Waals surface area contributed by atoms with Gasteiger partial charge in [-0.15, -0.1) is 0 Å². The van der Waals surface area contributed by atoms with Crippen molar-refractivity contribution in [1.82, 2.24) is 0 Å². The maximum atomic E-state index is 13.4. The summed E-state index contributed by atoms with van der Waals surface area (Å²) in [6, 6.07) is 11.6. The molecule has 1 fully saturated rings. The van der Waals surface area contributed by atoms with Gasteiger partial charge >= 0.3 is 12.1 Å². The summed E-state index contributed by atoms with van der Waals surface area (Å²) in [4.78, 5) is 13.5. The molecule has 0 aromatic heterocycles. The van der Waals surface area contributed by atoms with Crippen LogP contribution in [0, 0.1) is 12.8 Å². The summed E-state index contributed by atoms with van der Waals surface area (Å²) in [5.41, 5.74) is 1.58. The maximum Gasteiger partial charge on any atom is 0.431 e. The number of carboxylic acid groups (broad SMARTS) is 1. The molecule has 2 aromatic carbocycles. The second-order valence-electron chi connectivity index (χ2n) is 9.03. The number of nitrogens with zero attached hydrogens (tertiary/aromatic N) is 3. The number of aliphatic carboxylic acids is 1. The zero-order valence-electron chi connectivity index (χ0n) is 19.4. The van der Waals surface area contributed by atoms with E-state index in [1.165, 1.54) is 6.92 Å². The van der Waals surface area contributed by atoms with Crippen LogP contribution in [-0.2, 0) is 4.79 Å². The highest BCUT2D eigenvalue weighted by Gasteiger charge is 2.48. The molecule has 6 nitrogen and oxygen atoms in total. The number of piperidine rings is 1. The van der Waals surface area contributed by atoms with Gasteiger partial charge in [0.15, 0.2) is 0 Å². The van der Waals surface area contributed by atoms with E-state index in [4.69, 9.17) is 16.3 Å². The number of hydrazone groups is 1. The fraction of sp³-hybridized carbons (Fsp3) is 0.440. The summed E-state index contributed by atoms with van der Waals surface area (Å²) in [7, 11) is 0. The van der Waals surface area contributed by atoms with Crippen molar-refractivity contribution in [2.45, 2.75) is 51.4 Å². The van der Waals surface area contributed by atoms with Crippen molar-refractivity contribution < 1.29 is 27.8 Å². The molecule has 188 valence electrons. The lowest BCUT2D eigenvalue weighted by molar-refractivity contribution is -0.137. The quantitative estimate of drug-likeness (QED) is 0.524. The highest BCUT2D eigenvalue weighted by atomic mass is 35.5. The molecular formula is C25H27ClF3N3O3. The number of halogens is 4. The van der Waals surface area contributed by atoms with Gasteiger partial charge in [-0.1, -0.05) is 24.6 Å². The van der Waals surface area contributed by atoms with E-state index >= 15 is 0 Å². The van der Waals surface area contributed by atoms with E-state index in [0.717, 1.165) is 47.2 Å². The Hall–Kier alpha value is -2.94. The Kier molecular flexibility index (Phi) is 7.17. The normalized spacial score (nSPS) is 21.3. The van der Waals surface area contributed by atoms with Crippen molar-refractivity contribution in [1.29, 1.82) is 0 Å². The third kappa shape index (κ3) is 5.66. The summed E-state index contributed by atoms with van der Waals surface area (Å²) in [6.07, 6.45) is -3.47. The van der Waals surface area contributed by atoms with E-state index in [0.29, 0.717) is 11.4 Å². The number of carboxylic acids is 1. The van der Waals surface area contributed by atoms with Crippen LogP contribution in [0.4, 0.5) is 24.5 Å². The second-order valence-corrected chi connectivity index (χ2v) is 9.44. The van der Waals surface area contributed by atoms with Gasteiger partial charge in [0.1, 0.15) is 17.6 Å². The van der Waals surface area contributed by atoms with Gasteiger partial charge < -0.3 is 14.7 Å². The van der Waals surface area contributed by atoms with Crippen LogP contribution in [0.25, 0.3) is 0 Å². The predicted molar refractivity (Wildman–Crippen MR) is 130 cm³/mol. The first-order valence-electron chi connectivity index (χ1n) is 11.5. The van der Waals surface area contributed by atoms with Crippen molar-refractivity contribution in [3.8, 4) is 5.75 Å². The molecule has 2 aliphatic heterocycles. The van der Waals surface area contributed by atoms with Gasteiger partial charge in [0.25, 0.3) is 0 Å². The third-order valence-corrected chi connectivity index (χ3v) is 6.82. The van der Waals surface area contributed by atoms with E-state index in [-0.39, 0.29) is 6.10 Å². The van der Waals surface area contributed by atoms with E-state index < -0.39 is 36.2 Å². The van der Waals surface area contributed by atoms with Crippen LogP contribution in [0.2, 0.25) is 5.02 Å². The van der Waals surface area contributed by atoms with Gasteiger partial charge in [0.2, 0.25) is 0 Å². The molecule has 0 bridgehead atoms. The number of carbonyl (C=O) groups is 1. The van der Waals surface area contributed by atoms with E-state index in [1.807, 2.05) is 19.1 Å². The summed E-state index contributed by atoms with van der Waals surface area (Å²) in [6.45, 7) is 4.97. The molecule has 35 heavy (non-hydrogen) atoms. The SMILES string of the molecule is Cc1ccc(Cl)c(N2CCC(Oc3ccc(N4N=C(C(F)(F)F)[C@@H](C)C4CC(=O)O)cc3)CC2)c1. The summed E-state index contributed by atoms with van der Waals surface area (Å²) < 4.78 is 46.2. The Balaban J connectivity index is 1.41. The Bertz CT molecular complexity index is 1100. The van der Waals surface area contributed by atoms with E-state index in [9.17, 15) is 23.1 Å². The van der Waals surface area contributed by atoms with Gasteiger partial charge in [-0.3, -0.25) is 9.80 Å². The van der Waals surface area contributed by atoms with Crippen LogP contribution in [0.1, 0.15) is 31.7 Å². The van der Waals surface area contributed by atoms with Gasteiger partial charge in [-0.05, 0) is 48.9 Å². The number of alkyl halides is 3. The molecule has 0 spiro atoms. The van der Waals surface area contributed by atoms with Crippen LogP contribution in [0.3, 0.4) is 0 Å². The average molecular weight is 510 g/mol. The third-order valence-electron chi connectivity index (χ3n) is 6.50. The standard InChI is InChI=1S/C25H27ClF3N3O3/c1-15-3-8-20(26)22(13-15)31-11-9-19(10-12-31)35-18-6-4-17(5-7-18)32-21(14-23(33)34)16(2)24(30-32)25(27,28)29/h3-8,13,16,19,21H,9-12,14H2,1-2H3,(H,33,34)/t16-,21?/m0/s1. The van der Waals surface area contributed by atoms with Crippen LogP contribution in [0.15, 0.2) is 47.6 Å². The minimum absolute atomic E-state index is 0.00195. The molecule has 2 atom stereocenters. The van der Waals surface area contributed by atoms with Crippen LogP contribution >= 0.6 is 11.6 Å². The summed E-state index contributed by atoms with van der Waals surface area (Å²) >= 11 is 6.36. The lowest BCUT2D eigenvalue weighted by atomic mass is 9.94. The van der Waals surface area contributed by atoms with Crippen molar-refractivity contribution in [3.05, 3.63) is 53.1 Å². The van der Waals surface area contributed by atoms with E-state index in [2.05, 4.69) is 16.1 Å². The topological polar surface area (TPSA) is 65.4 Å². The largest absolute Gasteiger partial charge is 0.490 e. The minimum Gasteiger partial charge on any atom is -0.490 e. The summed E-state index contributed by atoms with van der Waals surface area (Å²) in [5.74, 6) is -1.64.